The molecule has 0 atom stereocenters. The first-order valence-electron chi connectivity index (χ1n) is 6.59. The van der Waals surface area contributed by atoms with Crippen LogP contribution in [0.3, 0.4) is 0 Å². The smallest absolute Gasteiger partial charge is 0.251 e. The minimum Gasteiger partial charge on any atom is -0.383 e. The molecule has 6 nitrogen and oxygen atoms in total. The van der Waals surface area contributed by atoms with Crippen molar-refractivity contribution in [3.8, 4) is 0 Å². The van der Waals surface area contributed by atoms with E-state index in [1.165, 1.54) is 19.1 Å². The molecule has 0 saturated carbocycles. The zero-order valence-electron chi connectivity index (χ0n) is 12.6. The van der Waals surface area contributed by atoms with Gasteiger partial charge in [-0.15, -0.1) is 12.4 Å². The number of hydrogen-bond donors (Lipinski definition) is 3. The molecule has 1 rings (SSSR count). The van der Waals surface area contributed by atoms with Crippen LogP contribution < -0.4 is 16.0 Å². The zero-order valence-corrected chi connectivity index (χ0v) is 13.4. The lowest BCUT2D eigenvalue weighted by Gasteiger charge is -2.09. The number of halogens is 2. The molecule has 0 unspecified atom stereocenters. The van der Waals surface area contributed by atoms with Crippen LogP contribution in [0.4, 0.5) is 10.1 Å². The lowest BCUT2D eigenvalue weighted by molar-refractivity contribution is -0.114. The fraction of sp³-hybridized carbons (Fsp3) is 0.429. The zero-order chi connectivity index (χ0) is 15.7. The average molecular weight is 334 g/mol. The monoisotopic (exact) mass is 333 g/mol. The third kappa shape index (κ3) is 7.35. The van der Waals surface area contributed by atoms with Crippen molar-refractivity contribution in [2.45, 2.75) is 6.92 Å². The summed E-state index contributed by atoms with van der Waals surface area (Å²) in [5.41, 5.74) is 0.283. The largest absolute Gasteiger partial charge is 0.383 e. The van der Waals surface area contributed by atoms with E-state index in [0.29, 0.717) is 26.2 Å². The normalized spacial score (nSPS) is 9.77. The quantitative estimate of drug-likeness (QED) is 0.624. The van der Waals surface area contributed by atoms with E-state index < -0.39 is 11.7 Å². The molecule has 0 bridgehead atoms. The van der Waals surface area contributed by atoms with Crippen LogP contribution in [0, 0.1) is 5.82 Å². The van der Waals surface area contributed by atoms with Gasteiger partial charge in [0.25, 0.3) is 5.91 Å². The number of nitrogens with one attached hydrogen (secondary N) is 3. The molecular weight excluding hydrogens is 313 g/mol. The maximum atomic E-state index is 13.5. The molecule has 0 aliphatic heterocycles. The van der Waals surface area contributed by atoms with Crippen molar-refractivity contribution in [2.75, 3.05) is 38.7 Å². The Morgan fingerprint density at radius 1 is 1.23 bits per heavy atom. The van der Waals surface area contributed by atoms with E-state index in [-0.39, 0.29) is 29.6 Å². The Kier molecular flexibility index (Phi) is 10.1. The lowest BCUT2D eigenvalue weighted by Crippen LogP contribution is -2.33. The molecule has 0 aliphatic rings. The highest BCUT2D eigenvalue weighted by molar-refractivity contribution is 5.96. The number of amides is 2. The van der Waals surface area contributed by atoms with Gasteiger partial charge in [0, 0.05) is 39.2 Å². The van der Waals surface area contributed by atoms with E-state index in [2.05, 4.69) is 16.0 Å². The summed E-state index contributed by atoms with van der Waals surface area (Å²) in [6.45, 7) is 3.63. The summed E-state index contributed by atoms with van der Waals surface area (Å²) in [4.78, 5) is 22.8. The van der Waals surface area contributed by atoms with Crippen LogP contribution in [0.25, 0.3) is 0 Å². The third-order valence-corrected chi connectivity index (χ3v) is 2.61. The highest BCUT2D eigenvalue weighted by Crippen LogP contribution is 2.16. The Balaban J connectivity index is 0.00000441. The van der Waals surface area contributed by atoms with Gasteiger partial charge >= 0.3 is 0 Å². The van der Waals surface area contributed by atoms with E-state index >= 15 is 0 Å². The predicted octanol–water partition coefficient (Wildman–Crippen LogP) is 1.17. The van der Waals surface area contributed by atoms with Crippen LogP contribution in [0.2, 0.25) is 0 Å². The Bertz CT molecular complexity index is 500. The second kappa shape index (κ2) is 10.9. The average Bonchev–Trinajstić information content (AvgIpc) is 2.44. The van der Waals surface area contributed by atoms with Crippen LogP contribution in [0.5, 0.6) is 0 Å². The minimum atomic E-state index is -0.581. The molecule has 3 N–H and O–H groups in total. The maximum Gasteiger partial charge on any atom is 0.251 e. The molecule has 0 aromatic heterocycles. The summed E-state index contributed by atoms with van der Waals surface area (Å²) in [7, 11) is 1.62. The number of hydrogen-bond acceptors (Lipinski definition) is 4. The van der Waals surface area contributed by atoms with Crippen molar-refractivity contribution in [3.63, 3.8) is 0 Å². The highest BCUT2D eigenvalue weighted by Gasteiger charge is 2.10. The van der Waals surface area contributed by atoms with E-state index in [1.807, 2.05) is 0 Å². The van der Waals surface area contributed by atoms with Gasteiger partial charge < -0.3 is 20.7 Å². The van der Waals surface area contributed by atoms with E-state index in [9.17, 15) is 14.0 Å². The summed E-state index contributed by atoms with van der Waals surface area (Å²) in [6.07, 6.45) is 0. The van der Waals surface area contributed by atoms with Crippen molar-refractivity contribution < 1.29 is 18.7 Å². The Hall–Kier alpha value is -1.70. The molecular formula is C14H21ClFN3O3. The van der Waals surface area contributed by atoms with E-state index in [1.54, 1.807) is 7.11 Å². The van der Waals surface area contributed by atoms with E-state index in [0.717, 1.165) is 6.07 Å². The molecule has 8 heteroatoms. The second-order valence-corrected chi connectivity index (χ2v) is 4.37. The molecule has 0 fully saturated rings. The van der Waals surface area contributed by atoms with Crippen LogP contribution in [0.1, 0.15) is 17.3 Å². The fourth-order valence-corrected chi connectivity index (χ4v) is 1.62. The molecule has 0 saturated heterocycles. The predicted molar refractivity (Wildman–Crippen MR) is 85.0 cm³/mol. The van der Waals surface area contributed by atoms with Crippen LogP contribution in [-0.2, 0) is 9.53 Å². The standard InChI is InChI=1S/C14H20FN3O3.ClH/c1-10(19)18-13-9-11(3-4-12(13)15)14(20)17-6-5-16-7-8-21-2;/h3-4,9,16H,5-8H2,1-2H3,(H,17,20)(H,18,19);1H. The maximum absolute atomic E-state index is 13.5. The van der Waals surface area contributed by atoms with Crippen molar-refractivity contribution in [3.05, 3.63) is 29.6 Å². The molecule has 1 aromatic rings. The van der Waals surface area contributed by atoms with Crippen molar-refractivity contribution in [1.82, 2.24) is 10.6 Å². The van der Waals surface area contributed by atoms with Gasteiger partial charge in [-0.3, -0.25) is 9.59 Å². The molecule has 2 amide bonds. The summed E-state index contributed by atoms with van der Waals surface area (Å²) in [5, 5.41) is 8.12. The SMILES string of the molecule is COCCNCCNC(=O)c1ccc(F)c(NC(C)=O)c1.Cl. The highest BCUT2D eigenvalue weighted by atomic mass is 35.5. The first kappa shape index (κ1) is 20.3. The second-order valence-electron chi connectivity index (χ2n) is 4.37. The molecule has 0 radical (unpaired) electrons. The molecule has 124 valence electrons. The van der Waals surface area contributed by atoms with Crippen LogP contribution >= 0.6 is 12.4 Å². The number of benzene rings is 1. The van der Waals surface area contributed by atoms with E-state index in [4.69, 9.17) is 4.74 Å². The first-order valence-corrected chi connectivity index (χ1v) is 6.59. The van der Waals surface area contributed by atoms with Gasteiger partial charge in [0.1, 0.15) is 5.82 Å². The number of carbonyl (C=O) groups excluding carboxylic acids is 2. The molecule has 0 aliphatic carbocycles. The number of rotatable bonds is 8. The topological polar surface area (TPSA) is 79.5 Å². The van der Waals surface area contributed by atoms with Gasteiger partial charge in [0.15, 0.2) is 0 Å². The fourth-order valence-electron chi connectivity index (χ4n) is 1.62. The summed E-state index contributed by atoms with van der Waals surface area (Å²) < 4.78 is 18.3. The Morgan fingerprint density at radius 2 is 1.95 bits per heavy atom. The molecule has 22 heavy (non-hydrogen) atoms. The van der Waals surface area contributed by atoms with Gasteiger partial charge in [-0.25, -0.2) is 4.39 Å². The number of carbonyl (C=O) groups is 2. The number of anilines is 1. The molecule has 0 heterocycles. The lowest BCUT2D eigenvalue weighted by atomic mass is 10.1. The summed E-state index contributed by atoms with van der Waals surface area (Å²) >= 11 is 0. The van der Waals surface area contributed by atoms with Gasteiger partial charge in [0.2, 0.25) is 5.91 Å². The van der Waals surface area contributed by atoms with Gasteiger partial charge in [0.05, 0.1) is 12.3 Å². The first-order chi connectivity index (χ1) is 10.0. The Labute approximate surface area is 135 Å². The number of ether oxygens (including phenoxy) is 1. The van der Waals surface area contributed by atoms with Crippen LogP contribution in [0.15, 0.2) is 18.2 Å². The van der Waals surface area contributed by atoms with Gasteiger partial charge in [-0.05, 0) is 18.2 Å². The van der Waals surface area contributed by atoms with Gasteiger partial charge in [-0.1, -0.05) is 0 Å². The van der Waals surface area contributed by atoms with Crippen molar-refractivity contribution >= 4 is 29.9 Å². The summed E-state index contributed by atoms with van der Waals surface area (Å²) in [6, 6.07) is 3.83. The van der Waals surface area contributed by atoms with Crippen LogP contribution in [-0.4, -0.2) is 45.2 Å². The number of methoxy groups -OCH3 is 1. The minimum absolute atomic E-state index is 0. The molecule has 1 aromatic carbocycles. The molecule has 0 spiro atoms. The summed E-state index contributed by atoms with van der Waals surface area (Å²) in [5.74, 6) is -1.30. The van der Waals surface area contributed by atoms with Gasteiger partial charge in [-0.2, -0.15) is 0 Å². The third-order valence-electron chi connectivity index (χ3n) is 2.61. The van der Waals surface area contributed by atoms with Crippen molar-refractivity contribution in [2.24, 2.45) is 0 Å². The van der Waals surface area contributed by atoms with Crippen molar-refractivity contribution in [1.29, 1.82) is 0 Å². The Morgan fingerprint density at radius 3 is 2.59 bits per heavy atom.